The number of aryl methyl sites for hydroxylation is 1. The van der Waals surface area contributed by atoms with Crippen LogP contribution in [-0.4, -0.2) is 39.5 Å². The zero-order chi connectivity index (χ0) is 14.4. The van der Waals surface area contributed by atoms with E-state index in [4.69, 9.17) is 0 Å². The summed E-state index contributed by atoms with van der Waals surface area (Å²) in [7, 11) is 0. The van der Waals surface area contributed by atoms with Crippen LogP contribution in [0.3, 0.4) is 0 Å². The molecule has 1 aliphatic rings. The van der Waals surface area contributed by atoms with Crippen molar-refractivity contribution in [2.75, 3.05) is 18.9 Å². The van der Waals surface area contributed by atoms with E-state index in [1.807, 2.05) is 19.3 Å². The van der Waals surface area contributed by atoms with E-state index in [9.17, 15) is 5.11 Å². The Morgan fingerprint density at radius 3 is 2.85 bits per heavy atom. The predicted octanol–water partition coefficient (Wildman–Crippen LogP) is 2.41. The summed E-state index contributed by atoms with van der Waals surface area (Å²) in [6.07, 6.45) is 8.35. The Bertz CT molecular complexity index is 412. The molecule has 1 saturated carbocycles. The molecule has 4 nitrogen and oxygen atoms in total. The molecule has 2 N–H and O–H groups in total. The van der Waals surface area contributed by atoms with Gasteiger partial charge in [0.05, 0.1) is 6.61 Å². The number of aromatic nitrogens is 2. The molecular formula is C15H25N3OS. The van der Waals surface area contributed by atoms with Crippen molar-refractivity contribution in [1.82, 2.24) is 15.3 Å². The Morgan fingerprint density at radius 2 is 2.20 bits per heavy atom. The lowest BCUT2D eigenvalue weighted by molar-refractivity contribution is 0.124. The zero-order valence-electron chi connectivity index (χ0n) is 12.4. The molecule has 2 unspecified atom stereocenters. The van der Waals surface area contributed by atoms with Gasteiger partial charge in [0.2, 0.25) is 0 Å². The van der Waals surface area contributed by atoms with Gasteiger partial charge in [-0.25, -0.2) is 9.97 Å². The number of hydrogen-bond acceptors (Lipinski definition) is 5. The Morgan fingerprint density at radius 1 is 1.45 bits per heavy atom. The topological polar surface area (TPSA) is 58.0 Å². The van der Waals surface area contributed by atoms with Crippen LogP contribution in [0.4, 0.5) is 0 Å². The first-order chi connectivity index (χ1) is 9.70. The number of aliphatic hydroxyl groups excluding tert-OH is 1. The molecule has 2 atom stereocenters. The van der Waals surface area contributed by atoms with E-state index in [1.165, 1.54) is 12.8 Å². The molecule has 1 aliphatic carbocycles. The van der Waals surface area contributed by atoms with Crippen LogP contribution in [0.1, 0.15) is 38.2 Å². The minimum atomic E-state index is -0.0521. The molecule has 2 rings (SSSR count). The third-order valence-electron chi connectivity index (χ3n) is 4.22. The first kappa shape index (κ1) is 15.7. The average molecular weight is 295 g/mol. The fourth-order valence-corrected chi connectivity index (χ4v) is 4.00. The Balaban J connectivity index is 1.85. The minimum Gasteiger partial charge on any atom is -0.394 e. The summed E-state index contributed by atoms with van der Waals surface area (Å²) in [6.45, 7) is 5.28. The molecule has 112 valence electrons. The Kier molecular flexibility index (Phi) is 5.81. The molecule has 1 fully saturated rings. The lowest BCUT2D eigenvalue weighted by Crippen LogP contribution is -2.51. The summed E-state index contributed by atoms with van der Waals surface area (Å²) in [5.74, 6) is 1.58. The summed E-state index contributed by atoms with van der Waals surface area (Å²) >= 11 is 1.71. The fraction of sp³-hybridized carbons (Fsp3) is 0.733. The van der Waals surface area contributed by atoms with Crippen molar-refractivity contribution >= 4 is 11.8 Å². The first-order valence-electron chi connectivity index (χ1n) is 7.47. The van der Waals surface area contributed by atoms with Crippen molar-refractivity contribution in [3.05, 3.63) is 18.0 Å². The molecule has 0 aliphatic heterocycles. The zero-order valence-corrected chi connectivity index (χ0v) is 13.2. The van der Waals surface area contributed by atoms with Crippen LogP contribution in [-0.2, 0) is 0 Å². The number of rotatable bonds is 7. The normalized spacial score (nSPS) is 26.1. The number of hydrogen-bond donors (Lipinski definition) is 2. The van der Waals surface area contributed by atoms with Crippen molar-refractivity contribution < 1.29 is 5.11 Å². The highest BCUT2D eigenvalue weighted by Gasteiger charge is 2.41. The van der Waals surface area contributed by atoms with Crippen LogP contribution in [0.5, 0.6) is 0 Å². The largest absolute Gasteiger partial charge is 0.394 e. The van der Waals surface area contributed by atoms with E-state index < -0.39 is 0 Å². The maximum absolute atomic E-state index is 9.77. The smallest absolute Gasteiger partial charge is 0.187 e. The molecule has 0 radical (unpaired) electrons. The van der Waals surface area contributed by atoms with Crippen molar-refractivity contribution in [3.63, 3.8) is 0 Å². The second-order valence-electron chi connectivity index (χ2n) is 5.61. The van der Waals surface area contributed by atoms with Gasteiger partial charge in [-0.15, -0.1) is 0 Å². The molecule has 1 aromatic rings. The van der Waals surface area contributed by atoms with Crippen molar-refractivity contribution in [1.29, 1.82) is 0 Å². The summed E-state index contributed by atoms with van der Waals surface area (Å²) < 4.78 is 0. The third-order valence-corrected chi connectivity index (χ3v) is 5.13. The minimum absolute atomic E-state index is 0.0521. The molecule has 5 heteroatoms. The number of nitrogens with zero attached hydrogens (tertiary/aromatic N) is 2. The van der Waals surface area contributed by atoms with E-state index >= 15 is 0 Å². The Labute approximate surface area is 125 Å². The van der Waals surface area contributed by atoms with Crippen molar-refractivity contribution in [3.8, 4) is 0 Å². The molecule has 0 saturated heterocycles. The average Bonchev–Trinajstić information content (AvgIpc) is 2.85. The van der Waals surface area contributed by atoms with Gasteiger partial charge in [0.25, 0.3) is 0 Å². The van der Waals surface area contributed by atoms with Crippen LogP contribution in [0.25, 0.3) is 0 Å². The van der Waals surface area contributed by atoms with E-state index in [0.29, 0.717) is 5.92 Å². The fourth-order valence-electron chi connectivity index (χ4n) is 3.16. The molecule has 20 heavy (non-hydrogen) atoms. The van der Waals surface area contributed by atoms with Gasteiger partial charge in [0.1, 0.15) is 0 Å². The molecule has 1 aromatic heterocycles. The quantitative estimate of drug-likeness (QED) is 0.597. The van der Waals surface area contributed by atoms with Gasteiger partial charge in [-0.3, -0.25) is 0 Å². The summed E-state index contributed by atoms with van der Waals surface area (Å²) in [5.41, 5.74) is 1.04. The molecule has 0 amide bonds. The van der Waals surface area contributed by atoms with Crippen LogP contribution in [0.15, 0.2) is 17.6 Å². The van der Waals surface area contributed by atoms with Crippen LogP contribution < -0.4 is 5.32 Å². The van der Waals surface area contributed by atoms with Gasteiger partial charge in [-0.05, 0) is 44.2 Å². The molecular weight excluding hydrogens is 270 g/mol. The van der Waals surface area contributed by atoms with Gasteiger partial charge < -0.3 is 10.4 Å². The van der Waals surface area contributed by atoms with Gasteiger partial charge >= 0.3 is 0 Å². The summed E-state index contributed by atoms with van der Waals surface area (Å²) in [6, 6.07) is 0. The van der Waals surface area contributed by atoms with E-state index in [1.54, 1.807) is 11.8 Å². The Hall–Kier alpha value is -0.650. The SMILES string of the molecule is CCNC1(CO)CCCC1CCSc1ncc(C)cn1. The summed E-state index contributed by atoms with van der Waals surface area (Å²) in [5, 5.41) is 14.1. The van der Waals surface area contributed by atoms with E-state index in [0.717, 1.165) is 35.9 Å². The number of likely N-dealkylation sites (N-methyl/N-ethyl adjacent to an activating group) is 1. The standard InChI is InChI=1S/C15H25N3OS/c1-3-18-15(11-19)7-4-5-13(15)6-8-20-14-16-9-12(2)10-17-14/h9-10,13,18-19H,3-8,11H2,1-2H3. The highest BCUT2D eigenvalue weighted by molar-refractivity contribution is 7.99. The van der Waals surface area contributed by atoms with E-state index in [2.05, 4.69) is 22.2 Å². The monoisotopic (exact) mass is 295 g/mol. The van der Waals surface area contributed by atoms with Crippen molar-refractivity contribution in [2.45, 2.75) is 50.2 Å². The second-order valence-corrected chi connectivity index (χ2v) is 6.68. The van der Waals surface area contributed by atoms with Gasteiger partial charge in [-0.2, -0.15) is 0 Å². The number of thioether (sulfide) groups is 1. The van der Waals surface area contributed by atoms with Gasteiger partial charge in [-0.1, -0.05) is 25.1 Å². The van der Waals surface area contributed by atoms with Gasteiger partial charge in [0, 0.05) is 23.7 Å². The van der Waals surface area contributed by atoms with Crippen LogP contribution in [0.2, 0.25) is 0 Å². The highest BCUT2D eigenvalue weighted by Crippen LogP contribution is 2.38. The third kappa shape index (κ3) is 3.71. The highest BCUT2D eigenvalue weighted by atomic mass is 32.2. The molecule has 0 aromatic carbocycles. The van der Waals surface area contributed by atoms with Crippen LogP contribution >= 0.6 is 11.8 Å². The first-order valence-corrected chi connectivity index (χ1v) is 8.46. The van der Waals surface area contributed by atoms with Crippen molar-refractivity contribution in [2.24, 2.45) is 5.92 Å². The lowest BCUT2D eigenvalue weighted by Gasteiger charge is -2.34. The van der Waals surface area contributed by atoms with Gasteiger partial charge in [0.15, 0.2) is 5.16 Å². The molecule has 0 spiro atoms. The molecule has 1 heterocycles. The predicted molar refractivity (Wildman–Crippen MR) is 82.9 cm³/mol. The lowest BCUT2D eigenvalue weighted by atomic mass is 9.86. The maximum atomic E-state index is 9.77. The number of nitrogens with one attached hydrogen (secondary N) is 1. The summed E-state index contributed by atoms with van der Waals surface area (Å²) in [4.78, 5) is 8.64. The van der Waals surface area contributed by atoms with Crippen LogP contribution in [0, 0.1) is 12.8 Å². The number of aliphatic hydroxyl groups is 1. The molecule has 0 bridgehead atoms. The van der Waals surface area contributed by atoms with E-state index in [-0.39, 0.29) is 12.1 Å². The maximum Gasteiger partial charge on any atom is 0.187 e. The second kappa shape index (κ2) is 7.38.